The topological polar surface area (TPSA) is 24.5 Å². The Kier molecular flexibility index (Phi) is 9.35. The summed E-state index contributed by atoms with van der Waals surface area (Å²) < 4.78 is 5.12. The Balaban J connectivity index is 3.24. The van der Waals surface area contributed by atoms with Crippen molar-refractivity contribution >= 4 is 0 Å². The lowest BCUT2D eigenvalue weighted by atomic mass is 10.2. The molecule has 0 amide bonds. The van der Waals surface area contributed by atoms with E-state index >= 15 is 0 Å². The summed E-state index contributed by atoms with van der Waals surface area (Å²) in [5.41, 5.74) is 0. The van der Waals surface area contributed by atoms with E-state index in [0.717, 1.165) is 19.6 Å². The minimum Gasteiger partial charge on any atom is -0.383 e. The van der Waals surface area contributed by atoms with Crippen LogP contribution in [0.2, 0.25) is 0 Å². The molecule has 1 atom stereocenters. The molecule has 0 aliphatic heterocycles. The maximum atomic E-state index is 5.12. The standard InChI is InChI=1S/C11H26N2O/c1-5-11(10-14-4)12-8-6-7-9-13(2)3/h11-12H,5-10H2,1-4H3. The lowest BCUT2D eigenvalue weighted by Gasteiger charge is -2.16. The van der Waals surface area contributed by atoms with E-state index in [1.54, 1.807) is 7.11 Å². The van der Waals surface area contributed by atoms with Crippen LogP contribution < -0.4 is 5.32 Å². The van der Waals surface area contributed by atoms with Gasteiger partial charge in [0.15, 0.2) is 0 Å². The highest BCUT2D eigenvalue weighted by molar-refractivity contribution is 4.63. The van der Waals surface area contributed by atoms with Gasteiger partial charge in [-0.25, -0.2) is 0 Å². The lowest BCUT2D eigenvalue weighted by Crippen LogP contribution is -2.33. The highest BCUT2D eigenvalue weighted by atomic mass is 16.5. The van der Waals surface area contributed by atoms with Crippen LogP contribution in [-0.2, 0) is 4.74 Å². The first-order valence-corrected chi connectivity index (χ1v) is 5.57. The summed E-state index contributed by atoms with van der Waals surface area (Å²) in [5.74, 6) is 0. The molecule has 86 valence electrons. The van der Waals surface area contributed by atoms with Gasteiger partial charge >= 0.3 is 0 Å². The van der Waals surface area contributed by atoms with Crippen LogP contribution in [0.4, 0.5) is 0 Å². The molecule has 3 nitrogen and oxygen atoms in total. The van der Waals surface area contributed by atoms with Gasteiger partial charge < -0.3 is 15.0 Å². The highest BCUT2D eigenvalue weighted by Crippen LogP contribution is 1.94. The Labute approximate surface area is 88.8 Å². The number of hydrogen-bond acceptors (Lipinski definition) is 3. The van der Waals surface area contributed by atoms with Crippen LogP contribution in [0.1, 0.15) is 26.2 Å². The zero-order chi connectivity index (χ0) is 10.8. The van der Waals surface area contributed by atoms with E-state index in [4.69, 9.17) is 4.74 Å². The van der Waals surface area contributed by atoms with Crippen molar-refractivity contribution < 1.29 is 4.74 Å². The second-order valence-corrected chi connectivity index (χ2v) is 4.03. The van der Waals surface area contributed by atoms with Crippen LogP contribution >= 0.6 is 0 Å². The van der Waals surface area contributed by atoms with E-state index in [1.165, 1.54) is 19.4 Å². The number of rotatable bonds is 9. The van der Waals surface area contributed by atoms with Crippen molar-refractivity contribution in [2.75, 3.05) is 40.9 Å². The van der Waals surface area contributed by atoms with Gasteiger partial charge in [-0.2, -0.15) is 0 Å². The Bertz CT molecular complexity index is 118. The Hall–Kier alpha value is -0.120. The van der Waals surface area contributed by atoms with E-state index in [-0.39, 0.29) is 0 Å². The molecule has 0 heterocycles. The molecule has 0 saturated carbocycles. The summed E-state index contributed by atoms with van der Waals surface area (Å²) in [6, 6.07) is 0.527. The van der Waals surface area contributed by atoms with Crippen molar-refractivity contribution in [3.8, 4) is 0 Å². The fourth-order valence-electron chi connectivity index (χ4n) is 1.38. The van der Waals surface area contributed by atoms with Crippen molar-refractivity contribution in [1.29, 1.82) is 0 Å². The molecule has 14 heavy (non-hydrogen) atoms. The number of hydrogen-bond donors (Lipinski definition) is 1. The van der Waals surface area contributed by atoms with Gasteiger partial charge in [0.2, 0.25) is 0 Å². The summed E-state index contributed by atoms with van der Waals surface area (Å²) >= 11 is 0. The molecule has 1 unspecified atom stereocenters. The molecule has 0 aromatic heterocycles. The first kappa shape index (κ1) is 13.9. The second-order valence-electron chi connectivity index (χ2n) is 4.03. The minimum absolute atomic E-state index is 0.527. The Morgan fingerprint density at radius 2 is 2.00 bits per heavy atom. The van der Waals surface area contributed by atoms with Crippen LogP contribution in [0.3, 0.4) is 0 Å². The molecule has 0 aliphatic carbocycles. The fourth-order valence-corrected chi connectivity index (χ4v) is 1.38. The normalized spacial score (nSPS) is 13.5. The monoisotopic (exact) mass is 202 g/mol. The van der Waals surface area contributed by atoms with Crippen molar-refractivity contribution in [1.82, 2.24) is 10.2 Å². The average Bonchev–Trinajstić information content (AvgIpc) is 2.15. The van der Waals surface area contributed by atoms with E-state index in [9.17, 15) is 0 Å². The third-order valence-corrected chi connectivity index (χ3v) is 2.33. The van der Waals surface area contributed by atoms with Crippen molar-refractivity contribution in [2.45, 2.75) is 32.2 Å². The number of unbranched alkanes of at least 4 members (excludes halogenated alkanes) is 1. The summed E-state index contributed by atoms with van der Waals surface area (Å²) in [5, 5.41) is 3.50. The van der Waals surface area contributed by atoms with Gasteiger partial charge in [0.05, 0.1) is 6.61 Å². The van der Waals surface area contributed by atoms with Crippen LogP contribution in [-0.4, -0.2) is 51.8 Å². The molecule has 1 N–H and O–H groups in total. The SMILES string of the molecule is CCC(COC)NCCCCN(C)C. The summed E-state index contributed by atoms with van der Waals surface area (Å²) in [6.07, 6.45) is 3.66. The first-order chi connectivity index (χ1) is 6.70. The second kappa shape index (κ2) is 9.44. The van der Waals surface area contributed by atoms with E-state index < -0.39 is 0 Å². The van der Waals surface area contributed by atoms with Crippen LogP contribution in [0.5, 0.6) is 0 Å². The third kappa shape index (κ3) is 8.48. The third-order valence-electron chi connectivity index (χ3n) is 2.33. The number of methoxy groups -OCH3 is 1. The summed E-state index contributed by atoms with van der Waals surface area (Å²) in [7, 11) is 6.00. The quantitative estimate of drug-likeness (QED) is 0.571. The first-order valence-electron chi connectivity index (χ1n) is 5.57. The van der Waals surface area contributed by atoms with Crippen molar-refractivity contribution in [2.24, 2.45) is 0 Å². The molecule has 0 rings (SSSR count). The molecular formula is C11H26N2O. The van der Waals surface area contributed by atoms with Crippen molar-refractivity contribution in [3.05, 3.63) is 0 Å². The Morgan fingerprint density at radius 3 is 2.50 bits per heavy atom. The van der Waals surface area contributed by atoms with Gasteiger partial charge in [0.1, 0.15) is 0 Å². The van der Waals surface area contributed by atoms with Gasteiger partial charge in [0, 0.05) is 13.2 Å². The van der Waals surface area contributed by atoms with Crippen LogP contribution in [0.15, 0.2) is 0 Å². The summed E-state index contributed by atoms with van der Waals surface area (Å²) in [6.45, 7) is 5.30. The lowest BCUT2D eigenvalue weighted by molar-refractivity contribution is 0.164. The van der Waals surface area contributed by atoms with Crippen molar-refractivity contribution in [3.63, 3.8) is 0 Å². The molecule has 0 spiro atoms. The molecule has 0 fully saturated rings. The van der Waals surface area contributed by atoms with E-state index in [1.807, 2.05) is 0 Å². The molecule has 0 bridgehead atoms. The molecule has 3 heteroatoms. The maximum absolute atomic E-state index is 5.12. The molecule has 0 aromatic carbocycles. The number of ether oxygens (including phenoxy) is 1. The van der Waals surface area contributed by atoms with E-state index in [2.05, 4.69) is 31.2 Å². The van der Waals surface area contributed by atoms with E-state index in [0.29, 0.717) is 6.04 Å². The van der Waals surface area contributed by atoms with Gasteiger partial charge in [0.25, 0.3) is 0 Å². The smallest absolute Gasteiger partial charge is 0.0615 e. The Morgan fingerprint density at radius 1 is 1.29 bits per heavy atom. The zero-order valence-electron chi connectivity index (χ0n) is 10.2. The minimum atomic E-state index is 0.527. The predicted molar refractivity (Wildman–Crippen MR) is 61.7 cm³/mol. The summed E-state index contributed by atoms with van der Waals surface area (Å²) in [4.78, 5) is 2.23. The van der Waals surface area contributed by atoms with Gasteiger partial charge in [-0.3, -0.25) is 0 Å². The zero-order valence-corrected chi connectivity index (χ0v) is 10.2. The molecule has 0 aliphatic rings. The maximum Gasteiger partial charge on any atom is 0.0615 e. The van der Waals surface area contributed by atoms with Crippen LogP contribution in [0.25, 0.3) is 0 Å². The van der Waals surface area contributed by atoms with Gasteiger partial charge in [-0.05, 0) is 46.4 Å². The predicted octanol–water partition coefficient (Wildman–Crippen LogP) is 1.34. The van der Waals surface area contributed by atoms with Gasteiger partial charge in [-0.1, -0.05) is 6.92 Å². The number of nitrogens with one attached hydrogen (secondary N) is 1. The van der Waals surface area contributed by atoms with Gasteiger partial charge in [-0.15, -0.1) is 0 Å². The molecule has 0 saturated heterocycles. The number of nitrogens with zero attached hydrogens (tertiary/aromatic N) is 1. The molecule has 0 radical (unpaired) electrons. The highest BCUT2D eigenvalue weighted by Gasteiger charge is 2.03. The largest absolute Gasteiger partial charge is 0.383 e. The molecule has 0 aromatic rings. The fraction of sp³-hybridized carbons (Fsp3) is 1.00. The average molecular weight is 202 g/mol. The molecular weight excluding hydrogens is 176 g/mol. The van der Waals surface area contributed by atoms with Crippen LogP contribution in [0, 0.1) is 0 Å².